The van der Waals surface area contributed by atoms with E-state index in [9.17, 15) is 7.85 Å². The Balaban J connectivity index is 1.45. The van der Waals surface area contributed by atoms with Crippen LogP contribution in [0.15, 0.2) is 224 Å². The first-order valence-electron chi connectivity index (χ1n) is 22.6. The first kappa shape index (κ1) is 30.8. The first-order chi connectivity index (χ1) is 31.7. The van der Waals surface area contributed by atoms with Gasteiger partial charge in [0.25, 0.3) is 0 Å². The molecule has 0 saturated carbocycles. The van der Waals surface area contributed by atoms with Crippen LogP contribution in [0.2, 0.25) is 0 Å². The summed E-state index contributed by atoms with van der Waals surface area (Å²) in [5.74, 6) is 0.103. The SMILES string of the molecule is [2H]c1c([2H])c([2H])c(-c2cccc3c4ccccc4c4ccccc4c4c[c]([Ge]([CH2]c5ccccc5)([c]5ccccc5)[c]5ccccc5)cc5c4n([c-][n+]5-c4cccc(O)c4)c23)c([2H])c1[2H]. The molecule has 11 rings (SSSR count). The molecular formula is C56H40GeN2O. The van der Waals surface area contributed by atoms with E-state index in [1.54, 1.807) is 12.1 Å². The molecule has 0 unspecified atom stereocenters. The van der Waals surface area contributed by atoms with Crippen molar-refractivity contribution >= 4 is 75.3 Å². The van der Waals surface area contributed by atoms with Gasteiger partial charge < -0.3 is 0 Å². The fourth-order valence-corrected chi connectivity index (χ4v) is 19.3. The van der Waals surface area contributed by atoms with E-state index < -0.39 is 31.4 Å². The van der Waals surface area contributed by atoms with Gasteiger partial charge in [0.1, 0.15) is 0 Å². The van der Waals surface area contributed by atoms with Crippen molar-refractivity contribution in [3.05, 3.63) is 236 Å². The molecule has 11 aromatic rings. The van der Waals surface area contributed by atoms with Crippen LogP contribution in [0.1, 0.15) is 12.4 Å². The zero-order valence-corrected chi connectivity index (χ0v) is 34.6. The summed E-state index contributed by atoms with van der Waals surface area (Å²) in [7, 11) is 0. The van der Waals surface area contributed by atoms with Gasteiger partial charge in [-0.3, -0.25) is 0 Å². The van der Waals surface area contributed by atoms with E-state index in [2.05, 4.69) is 146 Å². The number of nitrogens with zero attached hydrogens (tertiary/aromatic N) is 2. The Morgan fingerprint density at radius 2 is 1.05 bits per heavy atom. The first-order valence-corrected chi connectivity index (χ1v) is 24.8. The van der Waals surface area contributed by atoms with Crippen LogP contribution >= 0.6 is 0 Å². The Hall–Kier alpha value is -7.21. The van der Waals surface area contributed by atoms with E-state index in [4.69, 9.17) is 4.11 Å². The van der Waals surface area contributed by atoms with Crippen molar-refractivity contribution in [1.82, 2.24) is 4.40 Å². The van der Waals surface area contributed by atoms with Crippen molar-refractivity contribution in [1.29, 1.82) is 0 Å². The number of fused-ring (bicyclic) bond motifs is 7. The van der Waals surface area contributed by atoms with Crippen LogP contribution in [0.3, 0.4) is 0 Å². The minimum absolute atomic E-state index is 0.101. The number of hydrogen-bond donors (Lipinski definition) is 1. The zero-order chi connectivity index (χ0) is 44.4. The van der Waals surface area contributed by atoms with Gasteiger partial charge in [-0.05, 0) is 0 Å². The molecule has 0 saturated heterocycles. The summed E-state index contributed by atoms with van der Waals surface area (Å²) in [5, 5.41) is 17.6. The van der Waals surface area contributed by atoms with Crippen molar-refractivity contribution in [3.8, 4) is 22.6 Å². The van der Waals surface area contributed by atoms with Crippen LogP contribution in [-0.4, -0.2) is 22.8 Å². The monoisotopic (exact) mass is 835 g/mol. The molecule has 1 N–H and O–H groups in total. The molecule has 0 spiro atoms. The molecule has 284 valence electrons. The summed E-state index contributed by atoms with van der Waals surface area (Å²) in [4.78, 5) is 0. The number of imidazole rings is 1. The molecule has 9 aromatic carbocycles. The second kappa shape index (κ2) is 14.9. The predicted octanol–water partition coefficient (Wildman–Crippen LogP) is 10.8. The maximum atomic E-state index is 11.1. The van der Waals surface area contributed by atoms with Gasteiger partial charge in [0.05, 0.1) is 0 Å². The van der Waals surface area contributed by atoms with Crippen molar-refractivity contribution in [2.24, 2.45) is 0 Å². The average molecular weight is 835 g/mol. The second-order valence-corrected chi connectivity index (χ2v) is 23.4. The number of phenolic OH excluding ortho intramolecular Hbond substituents is 1. The number of hydrogen-bond acceptors (Lipinski definition) is 1. The molecule has 0 radical (unpaired) electrons. The molecule has 0 bridgehead atoms. The maximum absolute atomic E-state index is 11.1. The predicted molar refractivity (Wildman–Crippen MR) is 251 cm³/mol. The van der Waals surface area contributed by atoms with Gasteiger partial charge in [-0.1, -0.05) is 0 Å². The number of aromatic nitrogens is 2. The molecule has 0 amide bonds. The number of phenols is 1. The fourth-order valence-electron chi connectivity index (χ4n) is 9.32. The van der Waals surface area contributed by atoms with E-state index in [0.717, 1.165) is 48.6 Å². The van der Waals surface area contributed by atoms with E-state index in [1.165, 1.54) is 18.8 Å². The molecule has 0 aliphatic heterocycles. The zero-order valence-electron chi connectivity index (χ0n) is 37.5. The van der Waals surface area contributed by atoms with Gasteiger partial charge in [-0.25, -0.2) is 0 Å². The molecule has 2 heterocycles. The Bertz CT molecular complexity index is 3640. The number of para-hydroxylation sites is 1. The molecule has 0 aliphatic carbocycles. The van der Waals surface area contributed by atoms with Crippen LogP contribution in [0.4, 0.5) is 0 Å². The second-order valence-electron chi connectivity index (χ2n) is 15.3. The Labute approximate surface area is 358 Å². The van der Waals surface area contributed by atoms with Crippen molar-refractivity contribution < 1.29 is 16.5 Å². The molecule has 60 heavy (non-hydrogen) atoms. The average Bonchev–Trinajstić information content (AvgIpc) is 3.75. The quantitative estimate of drug-likeness (QED) is 0.0967. The number of benzene rings is 9. The summed E-state index contributed by atoms with van der Waals surface area (Å²) < 4.78 is 52.4. The Morgan fingerprint density at radius 3 is 1.68 bits per heavy atom. The normalized spacial score (nSPS) is 13.0. The minimum atomic E-state index is -3.83. The van der Waals surface area contributed by atoms with E-state index in [1.807, 2.05) is 51.4 Å². The van der Waals surface area contributed by atoms with Gasteiger partial charge in [0.2, 0.25) is 0 Å². The number of rotatable bonds is 7. The van der Waals surface area contributed by atoms with Gasteiger partial charge in [0.15, 0.2) is 0 Å². The van der Waals surface area contributed by atoms with Crippen molar-refractivity contribution in [2.45, 2.75) is 5.25 Å². The van der Waals surface area contributed by atoms with Crippen LogP contribution < -0.4 is 17.8 Å². The molecule has 0 aliphatic rings. The molecule has 3 nitrogen and oxygen atoms in total. The Morgan fingerprint density at radius 1 is 0.500 bits per heavy atom. The molecule has 2 aromatic heterocycles. The topological polar surface area (TPSA) is 28.5 Å². The molecule has 0 atom stereocenters. The summed E-state index contributed by atoms with van der Waals surface area (Å²) in [5.41, 5.74) is 4.77. The van der Waals surface area contributed by atoms with E-state index in [0.29, 0.717) is 16.8 Å². The third-order valence-electron chi connectivity index (χ3n) is 11.9. The summed E-state index contributed by atoms with van der Waals surface area (Å²) >= 11 is -3.83. The summed E-state index contributed by atoms with van der Waals surface area (Å²) in [6, 6.07) is 65.3. The summed E-state index contributed by atoms with van der Waals surface area (Å²) in [6.07, 6.45) is 3.78. The molecule has 4 heteroatoms. The van der Waals surface area contributed by atoms with E-state index >= 15 is 0 Å². The molecular weight excluding hydrogens is 789 g/mol. The third-order valence-corrected chi connectivity index (χ3v) is 22.1. The van der Waals surface area contributed by atoms with Crippen LogP contribution in [-0.2, 0) is 5.25 Å². The van der Waals surface area contributed by atoms with Crippen LogP contribution in [0, 0.1) is 6.33 Å². The van der Waals surface area contributed by atoms with Gasteiger partial charge in [-0.2, -0.15) is 0 Å². The van der Waals surface area contributed by atoms with Crippen molar-refractivity contribution in [2.75, 3.05) is 0 Å². The summed E-state index contributed by atoms with van der Waals surface area (Å²) in [6.45, 7) is 0. The number of aromatic hydroxyl groups is 1. The van der Waals surface area contributed by atoms with E-state index in [-0.39, 0.29) is 23.4 Å². The third kappa shape index (κ3) is 5.92. The van der Waals surface area contributed by atoms with Gasteiger partial charge in [-0.15, -0.1) is 0 Å². The van der Waals surface area contributed by atoms with Gasteiger partial charge >= 0.3 is 360 Å². The van der Waals surface area contributed by atoms with Crippen LogP contribution in [0.5, 0.6) is 5.75 Å². The molecule has 0 fully saturated rings. The van der Waals surface area contributed by atoms with Gasteiger partial charge in [0, 0.05) is 0 Å². The Kier molecular flexibility index (Phi) is 7.64. The van der Waals surface area contributed by atoms with Crippen LogP contribution in [0.25, 0.3) is 65.7 Å². The van der Waals surface area contributed by atoms with Crippen molar-refractivity contribution in [3.63, 3.8) is 0 Å². The fraction of sp³-hybridized carbons (Fsp3) is 0.0179. The standard InChI is InChI=1S/C56H40GeN2O/c60-46-28-17-27-45(37-46)58-39-59-55-47(41-21-7-2-8-22-41)33-18-34-52(55)50-31-15-13-29-48(50)49-30-14-16-32-51(49)53-35-44(36-54(58)56(53)59)57(42-23-9-3-10-24-42,43-25-11-4-12-26-43)38-40-19-5-1-6-20-40/h1-37,60H,38H2/i2D,7D,8D,21D,22D.